The molecule has 3 heteroatoms. The van der Waals surface area contributed by atoms with Crippen molar-refractivity contribution in [2.75, 3.05) is 5.33 Å². The van der Waals surface area contributed by atoms with Crippen LogP contribution >= 0.6 is 39.1 Å². The van der Waals surface area contributed by atoms with E-state index in [1.54, 1.807) is 0 Å². The van der Waals surface area contributed by atoms with Gasteiger partial charge in [0, 0.05) is 10.7 Å². The molecule has 0 aromatic rings. The second-order valence-corrected chi connectivity index (χ2v) is 4.62. The van der Waals surface area contributed by atoms with E-state index in [1.165, 1.54) is 0 Å². The van der Waals surface area contributed by atoms with Crippen LogP contribution in [0.1, 0.15) is 13.3 Å². The molecule has 0 nitrogen and oxygen atoms in total. The van der Waals surface area contributed by atoms with Crippen molar-refractivity contribution in [1.29, 1.82) is 0 Å². The molecule has 0 radical (unpaired) electrons. The Hall–Kier alpha value is 1.06. The topological polar surface area (TPSA) is 0 Å². The van der Waals surface area contributed by atoms with Crippen molar-refractivity contribution in [3.8, 4) is 0 Å². The van der Waals surface area contributed by atoms with Gasteiger partial charge in [0.25, 0.3) is 0 Å². The molecule has 0 aromatic heterocycles. The minimum Gasteiger partial charge on any atom is -0.101 e. The van der Waals surface area contributed by atoms with Crippen LogP contribution in [0, 0.1) is 5.41 Å². The Labute approximate surface area is 67.7 Å². The lowest BCUT2D eigenvalue weighted by Gasteiger charge is -2.04. The van der Waals surface area contributed by atoms with Gasteiger partial charge in [-0.05, 0) is 6.42 Å². The van der Waals surface area contributed by atoms with E-state index in [2.05, 4.69) is 22.9 Å². The molecule has 1 unspecified atom stereocenters. The smallest absolute Gasteiger partial charge is 0.101 e. The summed E-state index contributed by atoms with van der Waals surface area (Å²) in [5.74, 6) is 0. The Bertz CT molecular complexity index is 113. The predicted molar refractivity (Wildman–Crippen MR) is 41.0 cm³/mol. The van der Waals surface area contributed by atoms with Crippen molar-refractivity contribution in [2.24, 2.45) is 5.41 Å². The standard InChI is InChI=1S/C5H7BrCl2/c1-4(3-6)2-5(4,7)8/h2-3H2,1H3. The Kier molecular flexibility index (Phi) is 1.59. The fraction of sp³-hybridized carbons (Fsp3) is 1.00. The van der Waals surface area contributed by atoms with Gasteiger partial charge in [-0.3, -0.25) is 0 Å². The molecule has 0 bridgehead atoms. The van der Waals surface area contributed by atoms with Crippen molar-refractivity contribution in [3.63, 3.8) is 0 Å². The van der Waals surface area contributed by atoms with E-state index >= 15 is 0 Å². The molecule has 0 aromatic carbocycles. The fourth-order valence-electron chi connectivity index (χ4n) is 0.591. The number of hydrogen-bond donors (Lipinski definition) is 0. The summed E-state index contributed by atoms with van der Waals surface area (Å²) in [6.45, 7) is 2.07. The Morgan fingerprint density at radius 1 is 1.62 bits per heavy atom. The monoisotopic (exact) mass is 216 g/mol. The van der Waals surface area contributed by atoms with E-state index in [-0.39, 0.29) is 5.41 Å². The van der Waals surface area contributed by atoms with Gasteiger partial charge >= 0.3 is 0 Å². The SMILES string of the molecule is CC1(CBr)CC1(Cl)Cl. The predicted octanol–water partition coefficient (Wildman–Crippen LogP) is 2.97. The first-order valence-corrected chi connectivity index (χ1v) is 4.33. The van der Waals surface area contributed by atoms with E-state index in [9.17, 15) is 0 Å². The minimum atomic E-state index is -0.448. The van der Waals surface area contributed by atoms with Crippen molar-refractivity contribution in [3.05, 3.63) is 0 Å². The third-order valence-corrected chi connectivity index (χ3v) is 4.08. The molecule has 1 aliphatic carbocycles. The van der Waals surface area contributed by atoms with Gasteiger partial charge in [-0.2, -0.15) is 0 Å². The quantitative estimate of drug-likeness (QED) is 0.593. The second-order valence-electron chi connectivity index (χ2n) is 2.58. The zero-order chi connectivity index (χ0) is 6.41. The zero-order valence-electron chi connectivity index (χ0n) is 4.55. The molecule has 0 spiro atoms. The van der Waals surface area contributed by atoms with Gasteiger partial charge in [-0.15, -0.1) is 23.2 Å². The van der Waals surface area contributed by atoms with E-state index in [4.69, 9.17) is 23.2 Å². The van der Waals surface area contributed by atoms with Crippen molar-refractivity contribution in [1.82, 2.24) is 0 Å². The number of halogens is 3. The van der Waals surface area contributed by atoms with Crippen LogP contribution in [0.3, 0.4) is 0 Å². The highest BCUT2D eigenvalue weighted by Crippen LogP contribution is 2.64. The zero-order valence-corrected chi connectivity index (χ0v) is 7.65. The minimum absolute atomic E-state index is 0.135. The third-order valence-electron chi connectivity index (χ3n) is 1.67. The molecule has 8 heavy (non-hydrogen) atoms. The molecular formula is C5H7BrCl2. The van der Waals surface area contributed by atoms with Crippen molar-refractivity contribution < 1.29 is 0 Å². The molecule has 1 saturated carbocycles. The maximum Gasteiger partial charge on any atom is 0.125 e. The largest absolute Gasteiger partial charge is 0.125 e. The van der Waals surface area contributed by atoms with E-state index in [0.717, 1.165) is 11.8 Å². The van der Waals surface area contributed by atoms with E-state index in [0.29, 0.717) is 0 Å². The van der Waals surface area contributed by atoms with Crippen molar-refractivity contribution in [2.45, 2.75) is 17.7 Å². The summed E-state index contributed by atoms with van der Waals surface area (Å²) < 4.78 is -0.448. The van der Waals surface area contributed by atoms with Crippen LogP contribution in [0.15, 0.2) is 0 Å². The van der Waals surface area contributed by atoms with Gasteiger partial charge < -0.3 is 0 Å². The summed E-state index contributed by atoms with van der Waals surface area (Å²) in [5, 5.41) is 0.896. The average Bonchev–Trinajstić information content (AvgIpc) is 2.10. The number of hydrogen-bond acceptors (Lipinski definition) is 0. The average molecular weight is 218 g/mol. The number of alkyl halides is 3. The summed E-state index contributed by atoms with van der Waals surface area (Å²) in [7, 11) is 0. The summed E-state index contributed by atoms with van der Waals surface area (Å²) in [6.07, 6.45) is 0.911. The lowest BCUT2D eigenvalue weighted by molar-refractivity contribution is 0.660. The molecule has 0 aliphatic heterocycles. The molecule has 1 fully saturated rings. The first kappa shape index (κ1) is 7.17. The summed E-state index contributed by atoms with van der Waals surface area (Å²) in [6, 6.07) is 0. The maximum absolute atomic E-state index is 5.78. The normalized spacial score (nSPS) is 42.0. The third kappa shape index (κ3) is 0.891. The first-order valence-electron chi connectivity index (χ1n) is 2.46. The molecule has 0 amide bonds. The highest BCUT2D eigenvalue weighted by atomic mass is 79.9. The maximum atomic E-state index is 5.78. The Balaban J connectivity index is 2.55. The summed E-state index contributed by atoms with van der Waals surface area (Å²) in [5.41, 5.74) is 0.135. The molecule has 1 aliphatic rings. The fourth-order valence-corrected chi connectivity index (χ4v) is 2.31. The highest BCUT2D eigenvalue weighted by Gasteiger charge is 2.61. The Morgan fingerprint density at radius 2 is 2.00 bits per heavy atom. The van der Waals surface area contributed by atoms with Crippen LogP contribution in [0.2, 0.25) is 0 Å². The highest BCUT2D eigenvalue weighted by molar-refractivity contribution is 9.09. The first-order chi connectivity index (χ1) is 3.52. The van der Waals surface area contributed by atoms with Crippen LogP contribution in [0.4, 0.5) is 0 Å². The molecule has 1 rings (SSSR count). The molecule has 1 atom stereocenters. The molecule has 0 heterocycles. The molecular weight excluding hydrogens is 211 g/mol. The van der Waals surface area contributed by atoms with Gasteiger partial charge in [-0.1, -0.05) is 22.9 Å². The Morgan fingerprint density at radius 3 is 2.00 bits per heavy atom. The van der Waals surface area contributed by atoms with E-state index < -0.39 is 4.33 Å². The van der Waals surface area contributed by atoms with Gasteiger partial charge in [-0.25, -0.2) is 0 Å². The summed E-state index contributed by atoms with van der Waals surface area (Å²) in [4.78, 5) is 0. The number of rotatable bonds is 1. The lowest BCUT2D eigenvalue weighted by atomic mass is 10.2. The van der Waals surface area contributed by atoms with Gasteiger partial charge in [0.2, 0.25) is 0 Å². The molecule has 0 N–H and O–H groups in total. The van der Waals surface area contributed by atoms with Crippen molar-refractivity contribution >= 4 is 39.1 Å². The lowest BCUT2D eigenvalue weighted by Crippen LogP contribution is -2.04. The van der Waals surface area contributed by atoms with Crippen LogP contribution < -0.4 is 0 Å². The second kappa shape index (κ2) is 1.77. The van der Waals surface area contributed by atoms with Crippen LogP contribution in [-0.4, -0.2) is 9.66 Å². The van der Waals surface area contributed by atoms with Gasteiger partial charge in [0.15, 0.2) is 0 Å². The molecule has 0 saturated heterocycles. The van der Waals surface area contributed by atoms with Crippen LogP contribution in [0.25, 0.3) is 0 Å². The van der Waals surface area contributed by atoms with Gasteiger partial charge in [0.1, 0.15) is 4.33 Å². The summed E-state index contributed by atoms with van der Waals surface area (Å²) >= 11 is 14.9. The molecule has 48 valence electrons. The van der Waals surface area contributed by atoms with Crippen LogP contribution in [0.5, 0.6) is 0 Å². The van der Waals surface area contributed by atoms with Gasteiger partial charge in [0.05, 0.1) is 0 Å². The van der Waals surface area contributed by atoms with Crippen LogP contribution in [-0.2, 0) is 0 Å². The van der Waals surface area contributed by atoms with E-state index in [1.807, 2.05) is 0 Å².